The van der Waals surface area contributed by atoms with Gasteiger partial charge in [-0.25, -0.2) is 4.98 Å². The number of phenols is 1. The number of pyridine rings is 1. The number of fused-ring (bicyclic) bond motifs is 1. The van der Waals surface area contributed by atoms with Crippen LogP contribution in [0.3, 0.4) is 0 Å². The Kier molecular flexibility index (Phi) is 7.73. The number of phenolic OH excluding ortho intramolecular Hbond substituents is 1. The number of aromatic nitrogens is 3. The summed E-state index contributed by atoms with van der Waals surface area (Å²) in [5.74, 6) is 1.22. The fourth-order valence-electron chi connectivity index (χ4n) is 7.15. The summed E-state index contributed by atoms with van der Waals surface area (Å²) in [7, 11) is 0. The molecule has 4 nitrogen and oxygen atoms in total. The second-order valence-electron chi connectivity index (χ2n) is 15.3. The minimum Gasteiger partial charge on any atom is -0.507 e. The molecule has 0 amide bonds. The van der Waals surface area contributed by atoms with E-state index in [1.807, 2.05) is 30.3 Å². The topological polar surface area (TPSA) is 50.9 Å². The molecule has 0 bridgehead atoms. The Labute approximate surface area is 325 Å². The molecule has 266 valence electrons. The quantitative estimate of drug-likeness (QED) is 0.171. The molecule has 0 fully saturated rings. The van der Waals surface area contributed by atoms with Crippen molar-refractivity contribution in [2.24, 2.45) is 5.92 Å². The molecule has 0 saturated heterocycles. The van der Waals surface area contributed by atoms with Crippen molar-refractivity contribution in [3.8, 4) is 67.5 Å². The lowest BCUT2D eigenvalue weighted by molar-refractivity contribution is 0.477. The predicted molar refractivity (Wildman–Crippen MR) is 225 cm³/mol. The van der Waals surface area contributed by atoms with Gasteiger partial charge in [-0.05, 0) is 106 Å². The highest BCUT2D eigenvalue weighted by Gasteiger charge is 2.23. The fraction of sp³-hybridized carbons (Fsp3) is 0.160. The third-order valence-corrected chi connectivity index (χ3v) is 9.82. The highest BCUT2D eigenvalue weighted by Crippen LogP contribution is 2.42. The van der Waals surface area contributed by atoms with Crippen molar-refractivity contribution < 1.29 is 12.0 Å². The predicted octanol–water partition coefficient (Wildman–Crippen LogP) is 13.0. The molecule has 0 atom stereocenters. The van der Waals surface area contributed by atoms with Gasteiger partial charge in [-0.15, -0.1) is 0 Å². The zero-order chi connectivity index (χ0) is 41.7. The number of nitrogens with zero attached hydrogens (tertiary/aromatic N) is 3. The molecule has 0 radical (unpaired) electrons. The third kappa shape index (κ3) is 6.83. The molecule has 2 heterocycles. The summed E-state index contributed by atoms with van der Waals surface area (Å²) < 4.78 is 44.1. The van der Waals surface area contributed by atoms with Crippen LogP contribution in [0, 0.1) is 5.92 Å². The van der Waals surface area contributed by atoms with Gasteiger partial charge in [-0.3, -0.25) is 9.55 Å². The molecule has 0 saturated carbocycles. The number of aromatic hydroxyl groups is 1. The summed E-state index contributed by atoms with van der Waals surface area (Å²) in [6, 6.07) is 38.7. The minimum absolute atomic E-state index is 0.130. The van der Waals surface area contributed by atoms with Crippen molar-refractivity contribution in [1.82, 2.24) is 14.5 Å². The molecule has 1 N–H and O–H groups in total. The van der Waals surface area contributed by atoms with Crippen molar-refractivity contribution in [3.05, 3.63) is 169 Å². The van der Waals surface area contributed by atoms with Crippen LogP contribution in [0.15, 0.2) is 158 Å². The number of benzene rings is 6. The SMILES string of the molecule is [2H]c1c([2H])c([2H])c(-c2ccnc(-c3cc(-c4cccc5c4nc(-c4ccccc4O)n5-c4ccc(CC(C)C)cc4-c4ccccc4)cc(C(C)(C)C)c3)c2)c([2H])c1[2H]. The van der Waals surface area contributed by atoms with E-state index in [0.29, 0.717) is 28.6 Å². The van der Waals surface area contributed by atoms with Crippen LogP contribution >= 0.6 is 0 Å². The van der Waals surface area contributed by atoms with E-state index >= 15 is 0 Å². The highest BCUT2D eigenvalue weighted by molar-refractivity contribution is 5.97. The lowest BCUT2D eigenvalue weighted by atomic mass is 9.83. The maximum Gasteiger partial charge on any atom is 0.149 e. The van der Waals surface area contributed by atoms with Crippen molar-refractivity contribution in [2.75, 3.05) is 0 Å². The lowest BCUT2D eigenvalue weighted by Crippen LogP contribution is -2.11. The van der Waals surface area contributed by atoms with Crippen LogP contribution in [0.4, 0.5) is 0 Å². The Bertz CT molecular complexity index is 2870. The van der Waals surface area contributed by atoms with E-state index in [1.54, 1.807) is 24.4 Å². The summed E-state index contributed by atoms with van der Waals surface area (Å²) in [6.45, 7) is 10.9. The van der Waals surface area contributed by atoms with E-state index in [4.69, 9.17) is 16.8 Å². The molecule has 0 aliphatic carbocycles. The first kappa shape index (κ1) is 29.2. The van der Waals surface area contributed by atoms with Crippen molar-refractivity contribution in [1.29, 1.82) is 0 Å². The second-order valence-corrected chi connectivity index (χ2v) is 15.3. The van der Waals surface area contributed by atoms with Gasteiger partial charge >= 0.3 is 0 Å². The zero-order valence-electron chi connectivity index (χ0n) is 36.2. The zero-order valence-corrected chi connectivity index (χ0v) is 31.2. The molecule has 0 aliphatic rings. The van der Waals surface area contributed by atoms with Crippen molar-refractivity contribution in [2.45, 2.75) is 46.5 Å². The van der Waals surface area contributed by atoms with Gasteiger partial charge in [0.25, 0.3) is 0 Å². The average Bonchev–Trinajstić information content (AvgIpc) is 3.61. The van der Waals surface area contributed by atoms with E-state index in [2.05, 4.69) is 112 Å². The molecule has 8 rings (SSSR count). The van der Waals surface area contributed by atoms with E-state index in [0.717, 1.165) is 56.5 Å². The second kappa shape index (κ2) is 14.3. The Hall–Kier alpha value is -6.26. The van der Waals surface area contributed by atoms with E-state index < -0.39 is 6.04 Å². The van der Waals surface area contributed by atoms with Crippen molar-refractivity contribution >= 4 is 11.0 Å². The highest BCUT2D eigenvalue weighted by atomic mass is 16.3. The van der Waals surface area contributed by atoms with E-state index in [-0.39, 0.29) is 40.9 Å². The largest absolute Gasteiger partial charge is 0.507 e. The minimum atomic E-state index is -0.428. The van der Waals surface area contributed by atoms with Gasteiger partial charge < -0.3 is 5.11 Å². The van der Waals surface area contributed by atoms with Gasteiger partial charge in [0.15, 0.2) is 0 Å². The van der Waals surface area contributed by atoms with E-state index in [9.17, 15) is 5.11 Å². The Morgan fingerprint density at radius 3 is 2.17 bits per heavy atom. The molecule has 6 aromatic carbocycles. The molecular formula is C50H45N3O. The van der Waals surface area contributed by atoms with Crippen LogP contribution in [-0.2, 0) is 11.8 Å². The van der Waals surface area contributed by atoms with E-state index in [1.165, 1.54) is 5.56 Å². The molecule has 2 aromatic heterocycles. The van der Waals surface area contributed by atoms with Gasteiger partial charge in [-0.1, -0.05) is 132 Å². The van der Waals surface area contributed by atoms with Crippen LogP contribution < -0.4 is 0 Å². The molecule has 0 unspecified atom stereocenters. The number of imidazole rings is 1. The van der Waals surface area contributed by atoms with Gasteiger partial charge in [0.05, 0.1) is 34.8 Å². The first-order valence-electron chi connectivity index (χ1n) is 20.9. The molecule has 4 heteroatoms. The molecule has 54 heavy (non-hydrogen) atoms. The van der Waals surface area contributed by atoms with Crippen LogP contribution in [0.1, 0.15) is 52.6 Å². The molecule has 0 aliphatic heterocycles. The summed E-state index contributed by atoms with van der Waals surface area (Å²) >= 11 is 0. The van der Waals surface area contributed by atoms with Crippen LogP contribution in [-0.4, -0.2) is 19.6 Å². The molecular weight excluding hydrogens is 659 g/mol. The average molecular weight is 709 g/mol. The van der Waals surface area contributed by atoms with Gasteiger partial charge in [0, 0.05) is 22.9 Å². The first-order valence-corrected chi connectivity index (χ1v) is 18.4. The van der Waals surface area contributed by atoms with Crippen LogP contribution in [0.2, 0.25) is 0 Å². The maximum absolute atomic E-state index is 11.3. The summed E-state index contributed by atoms with van der Waals surface area (Å²) in [6.07, 6.45) is 2.56. The Balaban J connectivity index is 1.38. The number of para-hydroxylation sites is 2. The summed E-state index contributed by atoms with van der Waals surface area (Å²) in [5, 5.41) is 11.3. The maximum atomic E-state index is 11.3. The van der Waals surface area contributed by atoms with Gasteiger partial charge in [0.2, 0.25) is 0 Å². The van der Waals surface area contributed by atoms with Crippen LogP contribution in [0.5, 0.6) is 5.75 Å². The van der Waals surface area contributed by atoms with Gasteiger partial charge in [-0.2, -0.15) is 0 Å². The van der Waals surface area contributed by atoms with Crippen molar-refractivity contribution in [3.63, 3.8) is 0 Å². The number of hydrogen-bond donors (Lipinski definition) is 1. The summed E-state index contributed by atoms with van der Waals surface area (Å²) in [4.78, 5) is 10.1. The number of hydrogen-bond acceptors (Lipinski definition) is 3. The van der Waals surface area contributed by atoms with Gasteiger partial charge in [0.1, 0.15) is 11.6 Å². The van der Waals surface area contributed by atoms with Crippen LogP contribution in [0.25, 0.3) is 72.7 Å². The fourth-order valence-corrected chi connectivity index (χ4v) is 7.15. The Morgan fingerprint density at radius 1 is 0.667 bits per heavy atom. The molecule has 8 aromatic rings. The Morgan fingerprint density at radius 2 is 1.41 bits per heavy atom. The lowest BCUT2D eigenvalue weighted by Gasteiger charge is -2.22. The third-order valence-electron chi connectivity index (χ3n) is 9.82. The smallest absolute Gasteiger partial charge is 0.149 e. The number of rotatable bonds is 8. The standard InChI is InChI=1S/C50H45N3O/c1-33(2)27-34-23-24-45(43(28-34)36-17-10-7-11-18-36)53-46-21-14-20-41(48(46)52-49(53)42-19-12-13-22-47(42)54)38-29-39(31-40(30-38)50(3,4)5)44-32-37(25-26-51-44)35-15-8-6-9-16-35/h6-26,28-33,54H,27H2,1-5H3/i6D,8D,9D,15D,16D. The normalized spacial score (nSPS) is 13.0. The first-order chi connectivity index (χ1) is 28.2. The summed E-state index contributed by atoms with van der Waals surface area (Å²) in [5.41, 5.74) is 11.2. The monoisotopic (exact) mass is 708 g/mol. The molecule has 0 spiro atoms.